The number of hydrogen-bond donors (Lipinski definition) is 1. The fraction of sp³-hybridized carbons (Fsp3) is 1.00. The zero-order valence-corrected chi connectivity index (χ0v) is 11.1. The standard InChI is InChI=1S/C13H26N2/c1-12(2,3)14-11-9-7-15(8-10(9)11)13(4,5)6/h9-11,14H,7-8H2,1-6H3/t9-,10+,11?. The topological polar surface area (TPSA) is 15.3 Å². The van der Waals surface area contributed by atoms with E-state index in [1.807, 2.05) is 0 Å². The maximum absolute atomic E-state index is 3.74. The highest BCUT2D eigenvalue weighted by Crippen LogP contribution is 2.48. The molecule has 2 heteroatoms. The molecule has 1 unspecified atom stereocenters. The maximum atomic E-state index is 3.74. The van der Waals surface area contributed by atoms with E-state index in [9.17, 15) is 0 Å². The lowest BCUT2D eigenvalue weighted by Crippen LogP contribution is -2.46. The molecule has 0 aromatic heterocycles. The summed E-state index contributed by atoms with van der Waals surface area (Å²) in [5, 5.41) is 3.74. The lowest BCUT2D eigenvalue weighted by molar-refractivity contribution is 0.147. The van der Waals surface area contributed by atoms with E-state index in [0.29, 0.717) is 5.54 Å². The van der Waals surface area contributed by atoms with Gasteiger partial charge in [-0.25, -0.2) is 0 Å². The number of fused-ring (bicyclic) bond motifs is 1. The molecule has 1 aliphatic heterocycles. The van der Waals surface area contributed by atoms with Crippen LogP contribution in [0.1, 0.15) is 41.5 Å². The second kappa shape index (κ2) is 3.21. The van der Waals surface area contributed by atoms with E-state index in [0.717, 1.165) is 17.9 Å². The molecule has 1 saturated heterocycles. The molecule has 2 fully saturated rings. The van der Waals surface area contributed by atoms with Crippen LogP contribution in [0.2, 0.25) is 0 Å². The van der Waals surface area contributed by atoms with Gasteiger partial charge in [-0.1, -0.05) is 0 Å². The van der Waals surface area contributed by atoms with Crippen LogP contribution in [0.4, 0.5) is 0 Å². The number of nitrogens with zero attached hydrogens (tertiary/aromatic N) is 1. The van der Waals surface area contributed by atoms with E-state index < -0.39 is 0 Å². The molecular formula is C13H26N2. The monoisotopic (exact) mass is 210 g/mol. The Morgan fingerprint density at radius 2 is 1.40 bits per heavy atom. The van der Waals surface area contributed by atoms with Crippen LogP contribution in [0.25, 0.3) is 0 Å². The van der Waals surface area contributed by atoms with Gasteiger partial charge in [-0.05, 0) is 53.4 Å². The summed E-state index contributed by atoms with van der Waals surface area (Å²) in [4.78, 5) is 2.63. The van der Waals surface area contributed by atoms with Crippen LogP contribution in [0.15, 0.2) is 0 Å². The summed E-state index contributed by atoms with van der Waals surface area (Å²) in [6, 6.07) is 0.795. The third kappa shape index (κ3) is 2.36. The first kappa shape index (κ1) is 11.4. The van der Waals surface area contributed by atoms with Gasteiger partial charge in [-0.15, -0.1) is 0 Å². The van der Waals surface area contributed by atoms with Gasteiger partial charge >= 0.3 is 0 Å². The van der Waals surface area contributed by atoms with Gasteiger partial charge in [0.2, 0.25) is 0 Å². The van der Waals surface area contributed by atoms with Crippen LogP contribution >= 0.6 is 0 Å². The fourth-order valence-corrected chi connectivity index (χ4v) is 2.79. The third-order valence-corrected chi connectivity index (χ3v) is 3.74. The summed E-state index contributed by atoms with van der Waals surface area (Å²) in [7, 11) is 0. The van der Waals surface area contributed by atoms with E-state index in [2.05, 4.69) is 51.8 Å². The zero-order valence-electron chi connectivity index (χ0n) is 11.1. The predicted molar refractivity (Wildman–Crippen MR) is 65.0 cm³/mol. The molecule has 0 bridgehead atoms. The second-order valence-corrected chi connectivity index (χ2v) is 7.32. The smallest absolute Gasteiger partial charge is 0.0160 e. The van der Waals surface area contributed by atoms with E-state index in [4.69, 9.17) is 0 Å². The van der Waals surface area contributed by atoms with Crippen molar-refractivity contribution in [2.75, 3.05) is 13.1 Å². The Morgan fingerprint density at radius 3 is 1.73 bits per heavy atom. The van der Waals surface area contributed by atoms with E-state index in [1.165, 1.54) is 13.1 Å². The lowest BCUT2D eigenvalue weighted by atomic mass is 10.1. The zero-order chi connectivity index (χ0) is 11.4. The first-order chi connectivity index (χ1) is 6.68. The molecular weight excluding hydrogens is 184 g/mol. The first-order valence-corrected chi connectivity index (χ1v) is 6.21. The van der Waals surface area contributed by atoms with Crippen LogP contribution in [-0.4, -0.2) is 35.1 Å². The molecule has 88 valence electrons. The Bertz CT molecular complexity index is 234. The van der Waals surface area contributed by atoms with Crippen molar-refractivity contribution in [2.45, 2.75) is 58.7 Å². The van der Waals surface area contributed by atoms with Crippen LogP contribution in [0.5, 0.6) is 0 Å². The molecule has 15 heavy (non-hydrogen) atoms. The van der Waals surface area contributed by atoms with Gasteiger partial charge in [0.05, 0.1) is 0 Å². The highest BCUT2D eigenvalue weighted by molar-refractivity contribution is 5.12. The van der Waals surface area contributed by atoms with Gasteiger partial charge < -0.3 is 5.32 Å². The molecule has 0 aromatic carbocycles. The molecule has 1 aliphatic carbocycles. The van der Waals surface area contributed by atoms with Crippen LogP contribution in [0, 0.1) is 11.8 Å². The van der Waals surface area contributed by atoms with Gasteiger partial charge in [0, 0.05) is 30.2 Å². The fourth-order valence-electron chi connectivity index (χ4n) is 2.79. The largest absolute Gasteiger partial charge is 0.309 e. The molecule has 0 radical (unpaired) electrons. The number of rotatable bonds is 1. The Balaban J connectivity index is 1.84. The summed E-state index contributed by atoms with van der Waals surface area (Å²) < 4.78 is 0. The minimum absolute atomic E-state index is 0.279. The van der Waals surface area contributed by atoms with E-state index in [1.54, 1.807) is 0 Å². The van der Waals surface area contributed by atoms with Gasteiger partial charge in [0.1, 0.15) is 0 Å². The minimum atomic E-state index is 0.279. The van der Waals surface area contributed by atoms with E-state index in [-0.39, 0.29) is 5.54 Å². The Hall–Kier alpha value is -0.0800. The molecule has 2 nitrogen and oxygen atoms in total. The highest BCUT2D eigenvalue weighted by atomic mass is 15.3. The van der Waals surface area contributed by atoms with Crippen molar-refractivity contribution in [3.05, 3.63) is 0 Å². The Labute approximate surface area is 94.4 Å². The molecule has 0 spiro atoms. The van der Waals surface area contributed by atoms with Crippen molar-refractivity contribution in [3.63, 3.8) is 0 Å². The second-order valence-electron chi connectivity index (χ2n) is 7.32. The van der Waals surface area contributed by atoms with E-state index >= 15 is 0 Å². The predicted octanol–water partition coefficient (Wildman–Crippen LogP) is 2.10. The van der Waals surface area contributed by atoms with Crippen LogP contribution in [0.3, 0.4) is 0 Å². The van der Waals surface area contributed by atoms with Gasteiger partial charge in [-0.2, -0.15) is 0 Å². The third-order valence-electron chi connectivity index (χ3n) is 3.74. The molecule has 0 aromatic rings. The minimum Gasteiger partial charge on any atom is -0.309 e. The van der Waals surface area contributed by atoms with Gasteiger partial charge in [-0.3, -0.25) is 4.90 Å². The van der Waals surface area contributed by atoms with Gasteiger partial charge in [0.15, 0.2) is 0 Å². The van der Waals surface area contributed by atoms with Crippen LogP contribution in [-0.2, 0) is 0 Å². The number of nitrogens with one attached hydrogen (secondary N) is 1. The van der Waals surface area contributed by atoms with Crippen molar-refractivity contribution in [1.82, 2.24) is 10.2 Å². The molecule has 3 atom stereocenters. The SMILES string of the molecule is CC(C)(C)NC1[C@H]2CN(C(C)(C)C)C[C@@H]12. The van der Waals surface area contributed by atoms with Gasteiger partial charge in [0.25, 0.3) is 0 Å². The first-order valence-electron chi connectivity index (χ1n) is 6.21. The highest BCUT2D eigenvalue weighted by Gasteiger charge is 2.57. The summed E-state index contributed by atoms with van der Waals surface area (Å²) >= 11 is 0. The number of likely N-dealkylation sites (tertiary alicyclic amines) is 1. The Kier molecular flexibility index (Phi) is 2.44. The summed E-state index contributed by atoms with van der Waals surface area (Å²) in [6.07, 6.45) is 0. The normalized spacial score (nSPS) is 36.8. The molecule has 2 rings (SSSR count). The lowest BCUT2D eigenvalue weighted by Gasteiger charge is -2.34. The maximum Gasteiger partial charge on any atom is 0.0160 e. The molecule has 0 amide bonds. The molecule has 2 aliphatic rings. The Morgan fingerprint density at radius 1 is 0.933 bits per heavy atom. The molecule has 1 heterocycles. The average molecular weight is 210 g/mol. The molecule has 1 N–H and O–H groups in total. The summed E-state index contributed by atoms with van der Waals surface area (Å²) in [5.41, 5.74) is 0.640. The van der Waals surface area contributed by atoms with Crippen molar-refractivity contribution in [1.29, 1.82) is 0 Å². The van der Waals surface area contributed by atoms with Crippen molar-refractivity contribution >= 4 is 0 Å². The van der Waals surface area contributed by atoms with Crippen molar-refractivity contribution in [3.8, 4) is 0 Å². The summed E-state index contributed by atoms with van der Waals surface area (Å²) in [6.45, 7) is 16.4. The quantitative estimate of drug-likeness (QED) is 0.713. The summed E-state index contributed by atoms with van der Waals surface area (Å²) in [5.74, 6) is 1.84. The molecule has 1 saturated carbocycles. The number of hydrogen-bond acceptors (Lipinski definition) is 2. The average Bonchev–Trinajstić information content (AvgIpc) is 2.50. The van der Waals surface area contributed by atoms with Crippen molar-refractivity contribution < 1.29 is 0 Å². The van der Waals surface area contributed by atoms with Crippen LogP contribution < -0.4 is 5.32 Å². The van der Waals surface area contributed by atoms with Crippen molar-refractivity contribution in [2.24, 2.45) is 11.8 Å². The number of piperidine rings is 1.